The molecule has 4 rings (SSSR count). The molecule has 8 heteroatoms. The van der Waals surface area contributed by atoms with Crippen LogP contribution in [0.15, 0.2) is 63.9 Å². The molecule has 0 bridgehead atoms. The van der Waals surface area contributed by atoms with Crippen LogP contribution >= 0.6 is 11.6 Å². The number of aromatic nitrogens is 3. The SMILES string of the molecule is Cc1onc2c(=O)n(CC(=O)NCCc3ccccc3)nc(-c3ccc(Cl)cc3)c12. The lowest BCUT2D eigenvalue weighted by atomic mass is 10.1. The molecule has 2 aromatic heterocycles. The quantitative estimate of drug-likeness (QED) is 0.514. The fraction of sp³-hybridized carbons (Fsp3) is 0.182. The van der Waals surface area contributed by atoms with Crippen molar-refractivity contribution in [1.82, 2.24) is 20.3 Å². The second kappa shape index (κ2) is 8.51. The summed E-state index contributed by atoms with van der Waals surface area (Å²) < 4.78 is 6.34. The third-order valence-electron chi connectivity index (χ3n) is 4.75. The van der Waals surface area contributed by atoms with E-state index in [0.717, 1.165) is 15.8 Å². The van der Waals surface area contributed by atoms with Gasteiger partial charge < -0.3 is 9.84 Å². The molecule has 1 amide bonds. The van der Waals surface area contributed by atoms with Crippen molar-refractivity contribution in [3.63, 3.8) is 0 Å². The number of nitrogens with zero attached hydrogens (tertiary/aromatic N) is 3. The molecular formula is C22H19ClN4O3. The molecule has 152 valence electrons. The van der Waals surface area contributed by atoms with Crippen LogP contribution in [-0.2, 0) is 17.8 Å². The fourth-order valence-electron chi connectivity index (χ4n) is 3.24. The molecule has 0 aliphatic carbocycles. The second-order valence-electron chi connectivity index (χ2n) is 6.87. The molecule has 0 aliphatic heterocycles. The fourth-order valence-corrected chi connectivity index (χ4v) is 3.36. The molecule has 2 aromatic carbocycles. The molecule has 2 heterocycles. The zero-order valence-electron chi connectivity index (χ0n) is 16.3. The summed E-state index contributed by atoms with van der Waals surface area (Å²) in [6, 6.07) is 16.9. The lowest BCUT2D eigenvalue weighted by Crippen LogP contribution is -2.35. The summed E-state index contributed by atoms with van der Waals surface area (Å²) >= 11 is 5.99. The molecule has 1 N–H and O–H groups in total. The van der Waals surface area contributed by atoms with Gasteiger partial charge in [0.15, 0.2) is 5.52 Å². The van der Waals surface area contributed by atoms with Crippen LogP contribution in [0.4, 0.5) is 0 Å². The van der Waals surface area contributed by atoms with Gasteiger partial charge in [0.05, 0.1) is 5.39 Å². The third-order valence-corrected chi connectivity index (χ3v) is 5.00. The highest BCUT2D eigenvalue weighted by Gasteiger charge is 2.19. The number of fused-ring (bicyclic) bond motifs is 1. The maximum atomic E-state index is 12.8. The molecule has 30 heavy (non-hydrogen) atoms. The maximum Gasteiger partial charge on any atom is 0.297 e. The number of amides is 1. The summed E-state index contributed by atoms with van der Waals surface area (Å²) in [7, 11) is 0. The van der Waals surface area contributed by atoms with Crippen LogP contribution in [0, 0.1) is 6.92 Å². The number of hydrogen-bond acceptors (Lipinski definition) is 5. The number of aryl methyl sites for hydroxylation is 1. The van der Waals surface area contributed by atoms with Gasteiger partial charge in [0.1, 0.15) is 18.0 Å². The van der Waals surface area contributed by atoms with Gasteiger partial charge in [-0.05, 0) is 31.0 Å². The number of halogens is 1. The summed E-state index contributed by atoms with van der Waals surface area (Å²) in [5.41, 5.74) is 2.05. The van der Waals surface area contributed by atoms with Crippen molar-refractivity contribution in [3.8, 4) is 11.3 Å². The topological polar surface area (TPSA) is 90.0 Å². The Bertz CT molecular complexity index is 1250. The van der Waals surface area contributed by atoms with Gasteiger partial charge in [-0.2, -0.15) is 5.10 Å². The first-order chi connectivity index (χ1) is 14.5. The van der Waals surface area contributed by atoms with E-state index in [2.05, 4.69) is 15.6 Å². The van der Waals surface area contributed by atoms with Crippen molar-refractivity contribution in [2.24, 2.45) is 0 Å². The first-order valence-corrected chi connectivity index (χ1v) is 9.84. The molecular weight excluding hydrogens is 404 g/mol. The molecule has 7 nitrogen and oxygen atoms in total. The number of nitrogens with one attached hydrogen (secondary N) is 1. The predicted octanol–water partition coefficient (Wildman–Crippen LogP) is 3.37. The van der Waals surface area contributed by atoms with Crippen molar-refractivity contribution in [2.75, 3.05) is 6.54 Å². The molecule has 0 unspecified atom stereocenters. The average Bonchev–Trinajstić information content (AvgIpc) is 3.14. The number of carbonyl (C=O) groups is 1. The Labute approximate surface area is 177 Å². The van der Waals surface area contributed by atoms with Crippen molar-refractivity contribution in [2.45, 2.75) is 19.9 Å². The van der Waals surface area contributed by atoms with Gasteiger partial charge in [0.2, 0.25) is 5.91 Å². The first-order valence-electron chi connectivity index (χ1n) is 9.46. The Morgan fingerprint density at radius 3 is 2.60 bits per heavy atom. The van der Waals surface area contributed by atoms with Crippen molar-refractivity contribution >= 4 is 28.4 Å². The number of carbonyl (C=O) groups excluding carboxylic acids is 1. The van der Waals surface area contributed by atoms with E-state index in [1.54, 1.807) is 31.2 Å². The van der Waals surface area contributed by atoms with E-state index in [0.29, 0.717) is 34.8 Å². The van der Waals surface area contributed by atoms with Crippen molar-refractivity contribution in [3.05, 3.63) is 81.3 Å². The van der Waals surface area contributed by atoms with Gasteiger partial charge in [-0.25, -0.2) is 4.68 Å². The van der Waals surface area contributed by atoms with Gasteiger partial charge in [-0.15, -0.1) is 0 Å². The number of rotatable bonds is 6. The largest absolute Gasteiger partial charge is 0.360 e. The van der Waals surface area contributed by atoms with Crippen molar-refractivity contribution in [1.29, 1.82) is 0 Å². The Kier molecular flexibility index (Phi) is 5.63. The molecule has 0 radical (unpaired) electrons. The molecule has 4 aromatic rings. The summed E-state index contributed by atoms with van der Waals surface area (Å²) in [6.45, 7) is 1.97. The van der Waals surface area contributed by atoms with Crippen LogP contribution in [0.3, 0.4) is 0 Å². The van der Waals surface area contributed by atoms with E-state index in [9.17, 15) is 9.59 Å². The van der Waals surface area contributed by atoms with Gasteiger partial charge in [-0.3, -0.25) is 9.59 Å². The lowest BCUT2D eigenvalue weighted by molar-refractivity contribution is -0.121. The molecule has 0 atom stereocenters. The van der Waals surface area contributed by atoms with Gasteiger partial charge in [0, 0.05) is 17.1 Å². The minimum Gasteiger partial charge on any atom is -0.360 e. The highest BCUT2D eigenvalue weighted by molar-refractivity contribution is 6.30. The van der Waals surface area contributed by atoms with E-state index in [-0.39, 0.29) is 18.0 Å². The van der Waals surface area contributed by atoms with E-state index in [4.69, 9.17) is 16.1 Å². The third kappa shape index (κ3) is 4.11. The van der Waals surface area contributed by atoms with Gasteiger partial charge in [0.25, 0.3) is 5.56 Å². The monoisotopic (exact) mass is 422 g/mol. The smallest absolute Gasteiger partial charge is 0.297 e. The van der Waals surface area contributed by atoms with Crippen molar-refractivity contribution < 1.29 is 9.32 Å². The van der Waals surface area contributed by atoms with E-state index >= 15 is 0 Å². The van der Waals surface area contributed by atoms with E-state index in [1.807, 2.05) is 30.3 Å². The molecule has 0 fully saturated rings. The summed E-state index contributed by atoms with van der Waals surface area (Å²) in [5.74, 6) is 0.182. The Morgan fingerprint density at radius 2 is 1.87 bits per heavy atom. The number of benzene rings is 2. The van der Waals surface area contributed by atoms with E-state index < -0.39 is 5.56 Å². The zero-order chi connectivity index (χ0) is 21.1. The van der Waals surface area contributed by atoms with E-state index in [1.165, 1.54) is 0 Å². The predicted molar refractivity (Wildman–Crippen MR) is 114 cm³/mol. The first kappa shape index (κ1) is 19.8. The normalized spacial score (nSPS) is 11.0. The highest BCUT2D eigenvalue weighted by atomic mass is 35.5. The summed E-state index contributed by atoms with van der Waals surface area (Å²) in [6.07, 6.45) is 0.701. The standard InChI is InChI=1S/C22H19ClN4O3/c1-14-19-20(16-7-9-17(23)10-8-16)25-27(22(29)21(19)26-30-14)13-18(28)24-12-11-15-5-3-2-4-6-15/h2-10H,11-13H2,1H3,(H,24,28). The van der Waals surface area contributed by atoms with Gasteiger partial charge >= 0.3 is 0 Å². The maximum absolute atomic E-state index is 12.8. The lowest BCUT2D eigenvalue weighted by Gasteiger charge is -2.10. The molecule has 0 saturated heterocycles. The molecule has 0 saturated carbocycles. The molecule has 0 spiro atoms. The zero-order valence-corrected chi connectivity index (χ0v) is 17.0. The van der Waals surface area contributed by atoms with Gasteiger partial charge in [-0.1, -0.05) is 59.2 Å². The summed E-state index contributed by atoms with van der Waals surface area (Å²) in [5, 5.41) is 12.3. The average molecular weight is 423 g/mol. The van der Waals surface area contributed by atoms with Crippen LogP contribution in [0.5, 0.6) is 0 Å². The minimum atomic E-state index is -0.474. The Hall–Kier alpha value is -3.45. The van der Waals surface area contributed by atoms with Crippen LogP contribution in [0.25, 0.3) is 22.2 Å². The van der Waals surface area contributed by atoms with Crippen LogP contribution in [-0.4, -0.2) is 27.4 Å². The minimum absolute atomic E-state index is 0.143. The van der Waals surface area contributed by atoms with Crippen LogP contribution < -0.4 is 10.9 Å². The molecule has 0 aliphatic rings. The number of hydrogen-bond donors (Lipinski definition) is 1. The second-order valence-corrected chi connectivity index (χ2v) is 7.30. The Balaban J connectivity index is 1.59. The Morgan fingerprint density at radius 1 is 1.13 bits per heavy atom. The summed E-state index contributed by atoms with van der Waals surface area (Å²) in [4.78, 5) is 25.2. The highest BCUT2D eigenvalue weighted by Crippen LogP contribution is 2.28. The van der Waals surface area contributed by atoms with Crippen LogP contribution in [0.2, 0.25) is 5.02 Å². The van der Waals surface area contributed by atoms with Crippen LogP contribution in [0.1, 0.15) is 11.3 Å².